The lowest BCUT2D eigenvalue weighted by Crippen LogP contribution is -2.70. The van der Waals surface area contributed by atoms with Crippen molar-refractivity contribution in [2.75, 3.05) is 27.2 Å². The highest BCUT2D eigenvalue weighted by Gasteiger charge is 2.55. The van der Waals surface area contributed by atoms with Crippen molar-refractivity contribution in [3.05, 3.63) is 12.7 Å². The summed E-state index contributed by atoms with van der Waals surface area (Å²) >= 11 is 0. The maximum Gasteiger partial charge on any atom is 0.243 e. The van der Waals surface area contributed by atoms with E-state index in [1.807, 2.05) is 23.9 Å². The van der Waals surface area contributed by atoms with Crippen LogP contribution in [0, 0.1) is 10.8 Å². The second-order valence-corrected chi connectivity index (χ2v) is 8.24. The molecule has 124 valence electrons. The molecule has 0 aromatic rings. The van der Waals surface area contributed by atoms with E-state index in [4.69, 9.17) is 0 Å². The SMILES string of the molecule is C=CC(=O)NC1CC2(C1)CN(C(=O)[C@H](N(C)C)C(C)(C)C)C2. The highest BCUT2D eigenvalue weighted by molar-refractivity contribution is 5.87. The van der Waals surface area contributed by atoms with Crippen LogP contribution in [0.5, 0.6) is 0 Å². The second kappa shape index (κ2) is 5.69. The van der Waals surface area contributed by atoms with E-state index >= 15 is 0 Å². The molecule has 5 heteroatoms. The van der Waals surface area contributed by atoms with E-state index < -0.39 is 0 Å². The fourth-order valence-electron chi connectivity index (χ4n) is 4.06. The van der Waals surface area contributed by atoms with Gasteiger partial charge in [-0.15, -0.1) is 0 Å². The van der Waals surface area contributed by atoms with Crippen LogP contribution in [-0.4, -0.2) is 60.9 Å². The minimum absolute atomic E-state index is 0.0799. The van der Waals surface area contributed by atoms with Gasteiger partial charge in [0.05, 0.1) is 6.04 Å². The summed E-state index contributed by atoms with van der Waals surface area (Å²) in [5.41, 5.74) is 0.160. The van der Waals surface area contributed by atoms with Crippen LogP contribution >= 0.6 is 0 Å². The number of rotatable bonds is 4. The van der Waals surface area contributed by atoms with Gasteiger partial charge in [0, 0.05) is 24.5 Å². The summed E-state index contributed by atoms with van der Waals surface area (Å²) < 4.78 is 0. The first-order valence-electron chi connectivity index (χ1n) is 7.96. The average molecular weight is 307 g/mol. The Labute approximate surface area is 133 Å². The van der Waals surface area contributed by atoms with Gasteiger partial charge in [-0.05, 0) is 38.4 Å². The van der Waals surface area contributed by atoms with Gasteiger partial charge in [0.25, 0.3) is 0 Å². The third-order valence-electron chi connectivity index (χ3n) is 4.83. The topological polar surface area (TPSA) is 52.7 Å². The van der Waals surface area contributed by atoms with Gasteiger partial charge in [0.2, 0.25) is 11.8 Å². The summed E-state index contributed by atoms with van der Waals surface area (Å²) in [4.78, 5) is 28.0. The molecular weight excluding hydrogens is 278 g/mol. The van der Waals surface area contributed by atoms with Crippen LogP contribution in [0.3, 0.4) is 0 Å². The number of nitrogens with zero attached hydrogens (tertiary/aromatic N) is 2. The molecule has 1 aliphatic heterocycles. The zero-order valence-corrected chi connectivity index (χ0v) is 14.5. The molecule has 0 bridgehead atoms. The molecule has 2 aliphatic rings. The molecule has 2 fully saturated rings. The van der Waals surface area contributed by atoms with Gasteiger partial charge < -0.3 is 10.2 Å². The largest absolute Gasteiger partial charge is 0.350 e. The predicted molar refractivity (Wildman–Crippen MR) is 87.3 cm³/mol. The molecule has 5 nitrogen and oxygen atoms in total. The van der Waals surface area contributed by atoms with Crippen LogP contribution in [0.15, 0.2) is 12.7 Å². The van der Waals surface area contributed by atoms with Gasteiger partial charge in [-0.3, -0.25) is 14.5 Å². The number of hydrogen-bond acceptors (Lipinski definition) is 3. The average Bonchev–Trinajstić information content (AvgIpc) is 2.27. The maximum absolute atomic E-state index is 12.7. The third-order valence-corrected chi connectivity index (χ3v) is 4.83. The van der Waals surface area contributed by atoms with Crippen LogP contribution in [0.25, 0.3) is 0 Å². The Bertz CT molecular complexity index is 465. The molecule has 0 aromatic carbocycles. The van der Waals surface area contributed by atoms with Crippen molar-refractivity contribution < 1.29 is 9.59 Å². The quantitative estimate of drug-likeness (QED) is 0.796. The van der Waals surface area contributed by atoms with Crippen molar-refractivity contribution in [1.82, 2.24) is 15.1 Å². The number of hydrogen-bond donors (Lipinski definition) is 1. The Morgan fingerprint density at radius 2 is 1.86 bits per heavy atom. The lowest BCUT2D eigenvalue weighted by Gasteiger charge is -2.60. The first-order chi connectivity index (χ1) is 10.1. The van der Waals surface area contributed by atoms with Crippen LogP contribution < -0.4 is 5.32 Å². The highest BCUT2D eigenvalue weighted by atomic mass is 16.2. The highest BCUT2D eigenvalue weighted by Crippen LogP contribution is 2.49. The molecule has 0 radical (unpaired) electrons. The van der Waals surface area contributed by atoms with E-state index in [9.17, 15) is 9.59 Å². The van der Waals surface area contributed by atoms with E-state index in [0.29, 0.717) is 0 Å². The second-order valence-electron chi connectivity index (χ2n) is 8.24. The Hall–Kier alpha value is -1.36. The van der Waals surface area contributed by atoms with Gasteiger partial charge in [-0.2, -0.15) is 0 Å². The summed E-state index contributed by atoms with van der Waals surface area (Å²) in [6, 6.07) is 0.149. The molecule has 0 aromatic heterocycles. The van der Waals surface area contributed by atoms with Crippen LogP contribution in [0.2, 0.25) is 0 Å². The minimum atomic E-state index is -0.104. The molecule has 1 saturated heterocycles. The van der Waals surface area contributed by atoms with Crippen molar-refractivity contribution in [2.24, 2.45) is 10.8 Å². The molecule has 1 saturated carbocycles. The zero-order chi connectivity index (χ0) is 16.7. The van der Waals surface area contributed by atoms with Gasteiger partial charge in [-0.1, -0.05) is 27.4 Å². The van der Waals surface area contributed by atoms with Crippen LogP contribution in [0.4, 0.5) is 0 Å². The predicted octanol–water partition coefficient (Wildman–Crippen LogP) is 1.26. The van der Waals surface area contributed by atoms with E-state index in [2.05, 4.69) is 32.7 Å². The standard InChI is InChI=1S/C17H29N3O2/c1-7-13(21)18-12-8-17(9-12)10-20(11-17)15(22)14(19(5)6)16(2,3)4/h7,12,14H,1,8-11H2,2-6H3,(H,18,21)/t14-/m0/s1. The summed E-state index contributed by atoms with van der Waals surface area (Å²) in [5, 5.41) is 2.93. The number of likely N-dealkylation sites (tertiary alicyclic amines) is 1. The van der Waals surface area contributed by atoms with Gasteiger partial charge in [-0.25, -0.2) is 0 Å². The van der Waals surface area contributed by atoms with Crippen molar-refractivity contribution in [1.29, 1.82) is 0 Å². The molecule has 2 amide bonds. The fraction of sp³-hybridized carbons (Fsp3) is 0.765. The first kappa shape index (κ1) is 17.0. The lowest BCUT2D eigenvalue weighted by molar-refractivity contribution is -0.161. The summed E-state index contributed by atoms with van der Waals surface area (Å²) in [6.45, 7) is 11.4. The lowest BCUT2D eigenvalue weighted by atomic mass is 9.60. The molecule has 2 rings (SSSR count). The molecule has 1 aliphatic carbocycles. The summed E-state index contributed by atoms with van der Waals surface area (Å²) in [5.74, 6) is 0.120. The Morgan fingerprint density at radius 1 is 1.32 bits per heavy atom. The van der Waals surface area contributed by atoms with Crippen LogP contribution in [-0.2, 0) is 9.59 Å². The van der Waals surface area contributed by atoms with Crippen molar-refractivity contribution in [3.8, 4) is 0 Å². The van der Waals surface area contributed by atoms with Gasteiger partial charge in [0.1, 0.15) is 0 Å². The van der Waals surface area contributed by atoms with Gasteiger partial charge in [0.15, 0.2) is 0 Å². The number of carbonyl (C=O) groups excluding carboxylic acids is 2. The van der Waals surface area contributed by atoms with Crippen molar-refractivity contribution >= 4 is 11.8 Å². The van der Waals surface area contributed by atoms with E-state index in [1.54, 1.807) is 0 Å². The molecule has 1 heterocycles. The number of carbonyl (C=O) groups is 2. The third kappa shape index (κ3) is 3.19. The molecule has 1 N–H and O–H groups in total. The number of nitrogens with one attached hydrogen (secondary N) is 1. The van der Waals surface area contributed by atoms with Crippen molar-refractivity contribution in [3.63, 3.8) is 0 Å². The molecule has 1 atom stereocenters. The molecule has 0 unspecified atom stereocenters. The zero-order valence-electron chi connectivity index (χ0n) is 14.5. The monoisotopic (exact) mass is 307 g/mol. The maximum atomic E-state index is 12.7. The van der Waals surface area contributed by atoms with E-state index in [1.165, 1.54) is 6.08 Å². The Morgan fingerprint density at radius 3 is 2.27 bits per heavy atom. The first-order valence-corrected chi connectivity index (χ1v) is 7.96. The number of likely N-dealkylation sites (N-methyl/N-ethyl adjacent to an activating group) is 1. The summed E-state index contributed by atoms with van der Waals surface area (Å²) in [7, 11) is 3.93. The molecule has 1 spiro atoms. The Balaban J connectivity index is 1.86. The Kier molecular flexibility index (Phi) is 4.39. The summed E-state index contributed by atoms with van der Waals surface area (Å²) in [6.07, 6.45) is 3.25. The number of amides is 2. The van der Waals surface area contributed by atoms with Crippen LogP contribution in [0.1, 0.15) is 33.6 Å². The minimum Gasteiger partial charge on any atom is -0.350 e. The van der Waals surface area contributed by atoms with E-state index in [-0.39, 0.29) is 34.7 Å². The molecule has 22 heavy (non-hydrogen) atoms. The normalized spacial score (nSPS) is 22.0. The fourth-order valence-corrected chi connectivity index (χ4v) is 4.06. The smallest absolute Gasteiger partial charge is 0.243 e. The van der Waals surface area contributed by atoms with Crippen molar-refractivity contribution in [2.45, 2.75) is 45.7 Å². The van der Waals surface area contributed by atoms with E-state index in [0.717, 1.165) is 25.9 Å². The molecular formula is C17H29N3O2. The van der Waals surface area contributed by atoms with Gasteiger partial charge >= 0.3 is 0 Å².